The molecule has 0 bridgehead atoms. The highest BCUT2D eigenvalue weighted by Crippen LogP contribution is 2.36. The van der Waals surface area contributed by atoms with Crippen molar-refractivity contribution in [1.29, 1.82) is 0 Å². The third-order valence-electron chi connectivity index (χ3n) is 4.86. The number of carbonyl (C=O) groups is 2. The van der Waals surface area contributed by atoms with Gasteiger partial charge in [0.05, 0.1) is 17.2 Å². The Labute approximate surface area is 155 Å². The molecule has 2 unspecified atom stereocenters. The fourth-order valence-corrected chi connectivity index (χ4v) is 5.75. The van der Waals surface area contributed by atoms with Crippen LogP contribution in [0.25, 0.3) is 9.40 Å². The molecular formula is C18H24N2O3S2. The Balaban J connectivity index is 1.78. The van der Waals surface area contributed by atoms with E-state index in [4.69, 9.17) is 10.5 Å². The van der Waals surface area contributed by atoms with Crippen LogP contribution in [-0.2, 0) is 16.1 Å². The molecule has 136 valence electrons. The molecule has 3 N–H and O–H groups in total. The Kier molecular flexibility index (Phi) is 5.46. The lowest BCUT2D eigenvalue weighted by Crippen LogP contribution is -2.52. The fourth-order valence-electron chi connectivity index (χ4n) is 3.48. The average Bonchev–Trinajstić information content (AvgIpc) is 3.13. The zero-order chi connectivity index (χ0) is 18.0. The number of hydrogen-bond acceptors (Lipinski definition) is 6. The normalized spacial score (nSPS) is 23.6. The molecule has 0 spiro atoms. The van der Waals surface area contributed by atoms with Crippen molar-refractivity contribution >= 4 is 43.9 Å². The Morgan fingerprint density at radius 1 is 1.44 bits per heavy atom. The van der Waals surface area contributed by atoms with Crippen molar-refractivity contribution < 1.29 is 14.3 Å². The highest BCUT2D eigenvalue weighted by Gasteiger charge is 2.37. The molecule has 2 atom stereocenters. The lowest BCUT2D eigenvalue weighted by Gasteiger charge is -2.37. The molecule has 1 fully saturated rings. The Bertz CT molecular complexity index is 778. The van der Waals surface area contributed by atoms with E-state index < -0.39 is 5.54 Å². The van der Waals surface area contributed by atoms with Crippen LogP contribution in [0.1, 0.15) is 54.8 Å². The zero-order valence-corrected chi connectivity index (χ0v) is 16.2. The number of carbonyl (C=O) groups excluding carboxylic acids is 2. The smallest absolute Gasteiger partial charge is 0.348 e. The molecule has 1 aliphatic rings. The number of thiophene rings is 2. The first-order valence-electron chi connectivity index (χ1n) is 8.66. The van der Waals surface area contributed by atoms with Gasteiger partial charge in [-0.05, 0) is 38.1 Å². The number of fused-ring (bicyclic) bond motifs is 1. The van der Waals surface area contributed by atoms with Gasteiger partial charge in [-0.2, -0.15) is 0 Å². The highest BCUT2D eigenvalue weighted by molar-refractivity contribution is 7.28. The minimum atomic E-state index is -0.459. The van der Waals surface area contributed by atoms with Crippen LogP contribution in [0.15, 0.2) is 11.4 Å². The van der Waals surface area contributed by atoms with E-state index in [0.717, 1.165) is 40.6 Å². The Morgan fingerprint density at radius 2 is 2.24 bits per heavy atom. The van der Waals surface area contributed by atoms with Crippen LogP contribution in [0.3, 0.4) is 0 Å². The van der Waals surface area contributed by atoms with E-state index in [9.17, 15) is 9.59 Å². The minimum absolute atomic E-state index is 0.0181. The van der Waals surface area contributed by atoms with Crippen molar-refractivity contribution in [1.82, 2.24) is 5.32 Å². The topological polar surface area (TPSA) is 81.4 Å². The van der Waals surface area contributed by atoms with Crippen LogP contribution >= 0.6 is 22.7 Å². The summed E-state index contributed by atoms with van der Waals surface area (Å²) in [6, 6.07) is 2.00. The largest absolute Gasteiger partial charge is 0.462 e. The molecule has 7 heteroatoms. The molecule has 0 radical (unpaired) electrons. The molecule has 3 rings (SSSR count). The van der Waals surface area contributed by atoms with E-state index >= 15 is 0 Å². The first-order chi connectivity index (χ1) is 11.9. The van der Waals surface area contributed by atoms with Crippen LogP contribution in [-0.4, -0.2) is 24.0 Å². The molecule has 0 aromatic carbocycles. The third-order valence-corrected chi connectivity index (χ3v) is 7.14. The number of amides is 1. The lowest BCUT2D eigenvalue weighted by molar-refractivity contribution is -0.128. The molecule has 1 aliphatic carbocycles. The number of rotatable bonds is 5. The summed E-state index contributed by atoms with van der Waals surface area (Å²) in [5.41, 5.74) is 6.73. The van der Waals surface area contributed by atoms with Crippen molar-refractivity contribution in [2.24, 2.45) is 11.7 Å². The van der Waals surface area contributed by atoms with Gasteiger partial charge in [0.25, 0.3) is 0 Å². The van der Waals surface area contributed by atoms with E-state index in [1.807, 2.05) is 18.4 Å². The summed E-state index contributed by atoms with van der Waals surface area (Å²) < 4.78 is 7.27. The van der Waals surface area contributed by atoms with Crippen LogP contribution in [0, 0.1) is 5.92 Å². The minimum Gasteiger partial charge on any atom is -0.462 e. The van der Waals surface area contributed by atoms with Crippen LogP contribution < -0.4 is 11.1 Å². The second kappa shape index (κ2) is 7.43. The van der Waals surface area contributed by atoms with Crippen molar-refractivity contribution in [3.8, 4) is 0 Å². The quantitative estimate of drug-likeness (QED) is 0.776. The van der Waals surface area contributed by atoms with E-state index in [1.54, 1.807) is 18.3 Å². The van der Waals surface area contributed by atoms with Crippen molar-refractivity contribution in [2.75, 3.05) is 6.61 Å². The maximum atomic E-state index is 12.7. The van der Waals surface area contributed by atoms with Crippen molar-refractivity contribution in [3.63, 3.8) is 0 Å². The molecule has 1 amide bonds. The molecule has 2 aromatic heterocycles. The third kappa shape index (κ3) is 3.73. The summed E-state index contributed by atoms with van der Waals surface area (Å²) in [6.07, 6.45) is 3.80. The summed E-state index contributed by atoms with van der Waals surface area (Å²) in [5, 5.41) is 5.02. The van der Waals surface area contributed by atoms with Gasteiger partial charge in [-0.3, -0.25) is 4.79 Å². The van der Waals surface area contributed by atoms with Gasteiger partial charge in [-0.1, -0.05) is 12.8 Å². The summed E-state index contributed by atoms with van der Waals surface area (Å²) >= 11 is 3.01. The van der Waals surface area contributed by atoms with E-state index in [-0.39, 0.29) is 17.8 Å². The van der Waals surface area contributed by atoms with Gasteiger partial charge >= 0.3 is 5.97 Å². The highest BCUT2D eigenvalue weighted by atomic mass is 32.1. The maximum absolute atomic E-state index is 12.7. The predicted molar refractivity (Wildman–Crippen MR) is 102 cm³/mol. The van der Waals surface area contributed by atoms with Crippen molar-refractivity contribution in [2.45, 2.75) is 51.6 Å². The van der Waals surface area contributed by atoms with Crippen LogP contribution in [0.2, 0.25) is 0 Å². The van der Waals surface area contributed by atoms with Gasteiger partial charge in [0, 0.05) is 22.3 Å². The number of nitrogens with one attached hydrogen (secondary N) is 1. The van der Waals surface area contributed by atoms with Gasteiger partial charge in [-0.15, -0.1) is 22.7 Å². The monoisotopic (exact) mass is 380 g/mol. The molecule has 0 aliphatic heterocycles. The summed E-state index contributed by atoms with van der Waals surface area (Å²) in [7, 11) is 0. The second-order valence-electron chi connectivity index (χ2n) is 6.77. The van der Waals surface area contributed by atoms with Crippen LogP contribution in [0.4, 0.5) is 0 Å². The number of nitrogens with two attached hydrogens (primary N) is 1. The first-order valence-corrected chi connectivity index (χ1v) is 10.4. The SMILES string of the molecule is CCOC(=O)c1sc2ccsc2c1CNC(=O)C1CCCCC1(C)N. The van der Waals surface area contributed by atoms with E-state index in [1.165, 1.54) is 11.3 Å². The fraction of sp³-hybridized carbons (Fsp3) is 0.556. The number of esters is 1. The van der Waals surface area contributed by atoms with Gasteiger partial charge < -0.3 is 15.8 Å². The summed E-state index contributed by atoms with van der Waals surface area (Å²) in [6.45, 7) is 4.42. The van der Waals surface area contributed by atoms with E-state index in [2.05, 4.69) is 5.32 Å². The maximum Gasteiger partial charge on any atom is 0.348 e. The Morgan fingerprint density at radius 3 is 2.96 bits per heavy atom. The average molecular weight is 381 g/mol. The molecule has 2 aromatic rings. The number of hydrogen-bond donors (Lipinski definition) is 2. The molecule has 25 heavy (non-hydrogen) atoms. The van der Waals surface area contributed by atoms with Crippen LogP contribution in [0.5, 0.6) is 0 Å². The van der Waals surface area contributed by atoms with E-state index in [0.29, 0.717) is 18.0 Å². The summed E-state index contributed by atoms with van der Waals surface area (Å²) in [5.74, 6) is -0.512. The van der Waals surface area contributed by atoms with Gasteiger partial charge in [0.1, 0.15) is 4.88 Å². The zero-order valence-electron chi connectivity index (χ0n) is 14.6. The standard InChI is InChI=1S/C18H24N2O3S2/c1-3-23-17(22)15-11(14-13(25-15)7-9-24-14)10-20-16(21)12-6-4-5-8-18(12,2)19/h7,9,12H,3-6,8,10,19H2,1-2H3,(H,20,21). The summed E-state index contributed by atoms with van der Waals surface area (Å²) in [4.78, 5) is 25.5. The molecule has 1 saturated carbocycles. The predicted octanol–water partition coefficient (Wildman–Crippen LogP) is 3.66. The molecule has 5 nitrogen and oxygen atoms in total. The van der Waals surface area contributed by atoms with Crippen molar-refractivity contribution in [3.05, 3.63) is 21.9 Å². The van der Waals surface area contributed by atoms with Gasteiger partial charge in [-0.25, -0.2) is 4.79 Å². The van der Waals surface area contributed by atoms with Gasteiger partial charge in [0.15, 0.2) is 0 Å². The molecule has 0 saturated heterocycles. The molecule has 2 heterocycles. The number of ether oxygens (including phenoxy) is 1. The second-order valence-corrected chi connectivity index (χ2v) is 8.73. The Hall–Kier alpha value is -1.44. The van der Waals surface area contributed by atoms with Gasteiger partial charge in [0.2, 0.25) is 5.91 Å². The lowest BCUT2D eigenvalue weighted by atomic mass is 9.74. The molecular weight excluding hydrogens is 356 g/mol. The first kappa shape index (κ1) is 18.4.